The summed E-state index contributed by atoms with van der Waals surface area (Å²) in [5, 5.41) is 5.21. The lowest BCUT2D eigenvalue weighted by Gasteiger charge is -2.16. The fraction of sp³-hybridized carbons (Fsp3) is 0.429. The van der Waals surface area contributed by atoms with E-state index in [1.54, 1.807) is 13.0 Å². The van der Waals surface area contributed by atoms with Crippen LogP contribution in [0.2, 0.25) is 0 Å². The third-order valence-corrected chi connectivity index (χ3v) is 4.10. The Morgan fingerprint density at radius 3 is 2.37 bits per heavy atom. The first-order chi connectivity index (χ1) is 8.64. The summed E-state index contributed by atoms with van der Waals surface area (Å²) < 4.78 is 28.7. The second kappa shape index (κ2) is 5.75. The van der Waals surface area contributed by atoms with Gasteiger partial charge >= 0.3 is 0 Å². The number of aryl methyl sites for hydroxylation is 1. The number of rotatable bonds is 5. The van der Waals surface area contributed by atoms with Crippen LogP contribution in [0, 0.1) is 20.8 Å². The summed E-state index contributed by atoms with van der Waals surface area (Å²) in [6, 6.07) is 1.56. The number of hydrogen-bond donors (Lipinski definition) is 1. The fourth-order valence-corrected chi connectivity index (χ4v) is 2.79. The van der Waals surface area contributed by atoms with Crippen LogP contribution in [0.25, 0.3) is 0 Å². The van der Waals surface area contributed by atoms with Gasteiger partial charge in [-0.05, 0) is 50.5 Å². The summed E-state index contributed by atoms with van der Waals surface area (Å²) >= 11 is 0. The van der Waals surface area contributed by atoms with E-state index in [1.807, 2.05) is 20.8 Å². The maximum atomic E-state index is 11.5. The summed E-state index contributed by atoms with van der Waals surface area (Å²) in [6.45, 7) is 11.7. The predicted octanol–water partition coefficient (Wildman–Crippen LogP) is 2.60. The van der Waals surface area contributed by atoms with Crippen molar-refractivity contribution in [1.82, 2.24) is 0 Å². The topological polar surface area (TPSA) is 69.4 Å². The summed E-state index contributed by atoms with van der Waals surface area (Å²) in [5.74, 6) is 0.728. The van der Waals surface area contributed by atoms with E-state index in [9.17, 15) is 8.42 Å². The molecule has 5 heteroatoms. The lowest BCUT2D eigenvalue weighted by atomic mass is 10.1. The highest BCUT2D eigenvalue weighted by Crippen LogP contribution is 2.30. The highest BCUT2D eigenvalue weighted by Gasteiger charge is 2.18. The first-order valence-corrected chi connectivity index (χ1v) is 7.60. The van der Waals surface area contributed by atoms with Gasteiger partial charge in [0, 0.05) is 6.42 Å². The van der Waals surface area contributed by atoms with Crippen molar-refractivity contribution in [1.29, 1.82) is 0 Å². The van der Waals surface area contributed by atoms with Gasteiger partial charge in [-0.15, -0.1) is 6.58 Å². The van der Waals surface area contributed by atoms with Crippen LogP contribution in [-0.2, 0) is 10.0 Å². The number of primary sulfonamides is 1. The van der Waals surface area contributed by atoms with E-state index in [4.69, 9.17) is 9.88 Å². The highest BCUT2D eigenvalue weighted by molar-refractivity contribution is 7.89. The Bertz CT molecular complexity index is 604. The Labute approximate surface area is 115 Å². The number of hydrogen-bond acceptors (Lipinski definition) is 3. The van der Waals surface area contributed by atoms with Crippen molar-refractivity contribution in [2.45, 2.75) is 39.0 Å². The maximum absolute atomic E-state index is 11.5. The smallest absolute Gasteiger partial charge is 0.238 e. The maximum Gasteiger partial charge on any atom is 0.238 e. The molecule has 4 nitrogen and oxygen atoms in total. The molecule has 1 aromatic carbocycles. The fourth-order valence-electron chi connectivity index (χ4n) is 1.87. The Hall–Kier alpha value is -1.33. The van der Waals surface area contributed by atoms with Crippen LogP contribution in [0.4, 0.5) is 0 Å². The van der Waals surface area contributed by atoms with Crippen molar-refractivity contribution in [3.8, 4) is 5.75 Å². The summed E-state index contributed by atoms with van der Waals surface area (Å²) in [6.07, 6.45) is 0.773. The molecule has 0 bridgehead atoms. The quantitative estimate of drug-likeness (QED) is 0.844. The van der Waals surface area contributed by atoms with Gasteiger partial charge in [-0.1, -0.05) is 5.57 Å². The molecular weight excluding hydrogens is 262 g/mol. The molecule has 0 heterocycles. The molecule has 0 aliphatic carbocycles. The molecule has 2 N–H and O–H groups in total. The van der Waals surface area contributed by atoms with E-state index in [-0.39, 0.29) is 4.90 Å². The molecule has 19 heavy (non-hydrogen) atoms. The molecule has 0 atom stereocenters. The van der Waals surface area contributed by atoms with Gasteiger partial charge < -0.3 is 4.74 Å². The van der Waals surface area contributed by atoms with Gasteiger partial charge in [0.05, 0.1) is 11.5 Å². The normalized spacial score (nSPS) is 11.4. The molecule has 0 spiro atoms. The molecule has 0 saturated carbocycles. The molecule has 0 radical (unpaired) electrons. The molecular formula is C14H21NO3S. The van der Waals surface area contributed by atoms with Gasteiger partial charge in [-0.2, -0.15) is 0 Å². The predicted molar refractivity (Wildman–Crippen MR) is 77.0 cm³/mol. The average molecular weight is 283 g/mol. The lowest BCUT2D eigenvalue weighted by Crippen LogP contribution is -2.15. The first kappa shape index (κ1) is 15.7. The van der Waals surface area contributed by atoms with Crippen LogP contribution in [0.1, 0.15) is 30.0 Å². The first-order valence-electron chi connectivity index (χ1n) is 6.05. The second-order valence-corrected chi connectivity index (χ2v) is 6.40. The minimum Gasteiger partial charge on any atom is -0.493 e. The van der Waals surface area contributed by atoms with Crippen molar-refractivity contribution < 1.29 is 13.2 Å². The van der Waals surface area contributed by atoms with Gasteiger partial charge in [-0.25, -0.2) is 13.6 Å². The summed E-state index contributed by atoms with van der Waals surface area (Å²) in [7, 11) is -3.70. The third-order valence-electron chi connectivity index (χ3n) is 3.06. The van der Waals surface area contributed by atoms with Crippen LogP contribution in [0.5, 0.6) is 5.75 Å². The average Bonchev–Trinajstić information content (AvgIpc) is 2.26. The second-order valence-electron chi connectivity index (χ2n) is 4.87. The Morgan fingerprint density at radius 1 is 1.32 bits per heavy atom. The largest absolute Gasteiger partial charge is 0.493 e. The Kier molecular flexibility index (Phi) is 4.76. The Morgan fingerprint density at radius 2 is 1.89 bits per heavy atom. The molecule has 0 aliphatic rings. The van der Waals surface area contributed by atoms with E-state index in [0.717, 1.165) is 28.9 Å². The number of benzene rings is 1. The van der Waals surface area contributed by atoms with Crippen LogP contribution < -0.4 is 9.88 Å². The third kappa shape index (κ3) is 3.81. The number of sulfonamides is 1. The van der Waals surface area contributed by atoms with Gasteiger partial charge in [-0.3, -0.25) is 0 Å². The van der Waals surface area contributed by atoms with E-state index in [2.05, 4.69) is 6.58 Å². The molecule has 0 unspecified atom stereocenters. The molecule has 0 aliphatic heterocycles. The molecule has 0 aromatic heterocycles. The molecule has 1 aromatic rings. The van der Waals surface area contributed by atoms with Crippen LogP contribution >= 0.6 is 0 Å². The molecule has 0 amide bonds. The molecule has 0 saturated heterocycles. The minimum atomic E-state index is -3.70. The standard InChI is InChI=1S/C14H21NO3S/c1-9(2)6-7-18-14-10(3)8-13(19(15,16)17)11(4)12(14)5/h8H,1,6-7H2,2-5H3,(H2,15,16,17). The van der Waals surface area contributed by atoms with Crippen molar-refractivity contribution >= 4 is 10.0 Å². The minimum absolute atomic E-state index is 0.162. The van der Waals surface area contributed by atoms with E-state index < -0.39 is 10.0 Å². The van der Waals surface area contributed by atoms with E-state index in [0.29, 0.717) is 12.2 Å². The lowest BCUT2D eigenvalue weighted by molar-refractivity contribution is 0.317. The van der Waals surface area contributed by atoms with Crippen LogP contribution in [0.3, 0.4) is 0 Å². The SMILES string of the molecule is C=C(C)CCOc1c(C)cc(S(N)(=O)=O)c(C)c1C. The van der Waals surface area contributed by atoms with Gasteiger partial charge in [0.15, 0.2) is 0 Å². The Balaban J connectivity index is 3.16. The van der Waals surface area contributed by atoms with Gasteiger partial charge in [0.2, 0.25) is 10.0 Å². The summed E-state index contributed by atoms with van der Waals surface area (Å²) in [5.41, 5.74) is 3.27. The van der Waals surface area contributed by atoms with E-state index in [1.165, 1.54) is 0 Å². The number of ether oxygens (including phenoxy) is 1. The van der Waals surface area contributed by atoms with Crippen molar-refractivity contribution in [2.75, 3.05) is 6.61 Å². The van der Waals surface area contributed by atoms with Gasteiger partial charge in [0.25, 0.3) is 0 Å². The zero-order valence-electron chi connectivity index (χ0n) is 11.9. The monoisotopic (exact) mass is 283 g/mol. The van der Waals surface area contributed by atoms with Crippen molar-refractivity contribution in [2.24, 2.45) is 5.14 Å². The number of nitrogens with two attached hydrogens (primary N) is 1. The molecule has 0 fully saturated rings. The highest BCUT2D eigenvalue weighted by atomic mass is 32.2. The van der Waals surface area contributed by atoms with Crippen molar-refractivity contribution in [3.05, 3.63) is 34.9 Å². The van der Waals surface area contributed by atoms with Crippen molar-refractivity contribution in [3.63, 3.8) is 0 Å². The molecule has 106 valence electrons. The van der Waals surface area contributed by atoms with Crippen LogP contribution in [-0.4, -0.2) is 15.0 Å². The van der Waals surface area contributed by atoms with E-state index >= 15 is 0 Å². The zero-order valence-corrected chi connectivity index (χ0v) is 12.7. The zero-order chi connectivity index (χ0) is 14.8. The van der Waals surface area contributed by atoms with Crippen LogP contribution in [0.15, 0.2) is 23.1 Å². The van der Waals surface area contributed by atoms with Gasteiger partial charge in [0.1, 0.15) is 5.75 Å². The molecule has 1 rings (SSSR count). The summed E-state index contributed by atoms with van der Waals surface area (Å²) in [4.78, 5) is 0.162.